The van der Waals surface area contributed by atoms with E-state index in [-0.39, 0.29) is 10.7 Å². The first-order valence-corrected chi connectivity index (χ1v) is 14.2. The molecule has 1 aromatic carbocycles. The summed E-state index contributed by atoms with van der Waals surface area (Å²) in [6.45, 7) is 10.1. The minimum atomic E-state index is -3.87. The van der Waals surface area contributed by atoms with E-state index in [0.29, 0.717) is 11.6 Å². The van der Waals surface area contributed by atoms with Gasteiger partial charge in [0, 0.05) is 16.3 Å². The van der Waals surface area contributed by atoms with Gasteiger partial charge in [-0.05, 0) is 51.7 Å². The zero-order chi connectivity index (χ0) is 23.5. The number of thioether (sulfide) groups is 1. The third-order valence-electron chi connectivity index (χ3n) is 5.54. The SMILES string of the molecule is CCCC(CCC)CSc1sc(C)c(C)n2c(=O)nc(NS(=O)(=O)c3ccc(C)cc3)c1-2. The van der Waals surface area contributed by atoms with Gasteiger partial charge in [-0.1, -0.05) is 44.4 Å². The molecule has 0 bridgehead atoms. The van der Waals surface area contributed by atoms with Gasteiger partial charge in [-0.25, -0.2) is 13.2 Å². The molecule has 0 fully saturated rings. The number of hydrogen-bond donors (Lipinski definition) is 1. The molecule has 2 aliphatic heterocycles. The van der Waals surface area contributed by atoms with Crippen LogP contribution in [-0.2, 0) is 10.0 Å². The van der Waals surface area contributed by atoms with Crippen LogP contribution in [0, 0.1) is 26.7 Å². The molecule has 9 heteroatoms. The van der Waals surface area contributed by atoms with Crippen LogP contribution in [0.25, 0.3) is 5.69 Å². The Morgan fingerprint density at radius 2 is 1.72 bits per heavy atom. The minimum absolute atomic E-state index is 0.0972. The molecule has 0 aliphatic carbocycles. The van der Waals surface area contributed by atoms with Crippen molar-refractivity contribution < 1.29 is 8.42 Å². The molecule has 0 spiro atoms. The van der Waals surface area contributed by atoms with E-state index in [4.69, 9.17) is 0 Å². The van der Waals surface area contributed by atoms with Crippen molar-refractivity contribution in [3.63, 3.8) is 0 Å². The fraction of sp³-hybridized carbons (Fsp3) is 0.478. The number of benzene rings is 1. The van der Waals surface area contributed by atoms with Crippen molar-refractivity contribution in [3.8, 4) is 5.69 Å². The number of imidazole rings is 1. The summed E-state index contributed by atoms with van der Waals surface area (Å²) in [4.78, 5) is 18.0. The molecule has 0 aromatic heterocycles. The number of fused-ring (bicyclic) bond motifs is 1. The van der Waals surface area contributed by atoms with E-state index in [9.17, 15) is 13.2 Å². The van der Waals surface area contributed by atoms with Gasteiger partial charge in [0.25, 0.3) is 10.0 Å². The predicted molar refractivity (Wildman–Crippen MR) is 134 cm³/mol. The summed E-state index contributed by atoms with van der Waals surface area (Å²) < 4.78 is 31.0. The van der Waals surface area contributed by atoms with Crippen molar-refractivity contribution >= 4 is 38.9 Å². The molecule has 174 valence electrons. The molecule has 0 saturated carbocycles. The Hall–Kier alpha value is -1.84. The summed E-state index contributed by atoms with van der Waals surface area (Å²) >= 11 is 3.29. The highest BCUT2D eigenvalue weighted by Gasteiger charge is 2.27. The van der Waals surface area contributed by atoms with Gasteiger partial charge in [-0.15, -0.1) is 23.1 Å². The number of nitrogens with zero attached hydrogens (tertiary/aromatic N) is 2. The summed E-state index contributed by atoms with van der Waals surface area (Å²) in [6, 6.07) is 6.61. The lowest BCUT2D eigenvalue weighted by Gasteiger charge is -2.18. The van der Waals surface area contributed by atoms with Crippen LogP contribution in [0.1, 0.15) is 55.7 Å². The Balaban J connectivity index is 2.02. The highest BCUT2D eigenvalue weighted by atomic mass is 32.2. The average molecular weight is 494 g/mol. The number of rotatable bonds is 10. The fourth-order valence-corrected chi connectivity index (χ4v) is 7.38. The standard InChI is InChI=1S/C23H31N3O3S3/c1-6-8-18(9-7-2)14-30-22-20-21(24-23(27)26(20)16(4)17(5)31-22)25-32(28,29)19-12-10-15(3)11-13-19/h10-13,18H,6-9,14H2,1-5H3,(H,24,25,27). The molecule has 0 unspecified atom stereocenters. The van der Waals surface area contributed by atoms with Gasteiger partial charge >= 0.3 is 5.69 Å². The Labute approximate surface area is 198 Å². The normalized spacial score (nSPS) is 12.1. The Morgan fingerprint density at radius 3 is 2.31 bits per heavy atom. The first-order chi connectivity index (χ1) is 15.2. The molecule has 6 nitrogen and oxygen atoms in total. The van der Waals surface area contributed by atoms with Gasteiger partial charge < -0.3 is 0 Å². The van der Waals surface area contributed by atoms with Gasteiger partial charge in [0.05, 0.1) is 9.10 Å². The lowest BCUT2D eigenvalue weighted by Crippen LogP contribution is -2.17. The van der Waals surface area contributed by atoms with Gasteiger partial charge in [-0.3, -0.25) is 9.29 Å². The summed E-state index contributed by atoms with van der Waals surface area (Å²) in [5.74, 6) is 1.62. The van der Waals surface area contributed by atoms with E-state index >= 15 is 0 Å². The van der Waals surface area contributed by atoms with E-state index < -0.39 is 15.7 Å². The number of sulfonamides is 1. The molecule has 0 radical (unpaired) electrons. The maximum atomic E-state index is 13.0. The van der Waals surface area contributed by atoms with E-state index in [0.717, 1.165) is 51.8 Å². The quantitative estimate of drug-likeness (QED) is 0.363. The number of anilines is 1. The highest BCUT2D eigenvalue weighted by Crippen LogP contribution is 2.39. The maximum absolute atomic E-state index is 13.0. The van der Waals surface area contributed by atoms with E-state index in [2.05, 4.69) is 23.6 Å². The molecule has 1 N–H and O–H groups in total. The molecule has 2 heterocycles. The molecular weight excluding hydrogens is 462 g/mol. The average Bonchev–Trinajstić information content (AvgIpc) is 3.05. The second-order valence-corrected chi connectivity index (χ2v) is 12.3. The van der Waals surface area contributed by atoms with Crippen LogP contribution in [0.3, 0.4) is 0 Å². The van der Waals surface area contributed by atoms with Crippen molar-refractivity contribution in [2.75, 3.05) is 10.5 Å². The molecule has 3 rings (SSSR count). The van der Waals surface area contributed by atoms with Crippen molar-refractivity contribution in [2.45, 2.75) is 69.4 Å². The number of hydrogen-bond acceptors (Lipinski definition) is 6. The lowest BCUT2D eigenvalue weighted by molar-refractivity contribution is 0.488. The number of aromatic nitrogens is 2. The van der Waals surface area contributed by atoms with Crippen LogP contribution in [-0.4, -0.2) is 23.7 Å². The number of nitrogens with one attached hydrogen (secondary N) is 1. The van der Waals surface area contributed by atoms with Gasteiger partial charge in [0.2, 0.25) is 0 Å². The van der Waals surface area contributed by atoms with Crippen molar-refractivity contribution in [2.24, 2.45) is 5.92 Å². The molecule has 2 aliphatic rings. The van der Waals surface area contributed by atoms with Crippen LogP contribution in [0.5, 0.6) is 0 Å². The summed E-state index contributed by atoms with van der Waals surface area (Å²) in [5.41, 5.74) is 1.84. The first-order valence-electron chi connectivity index (χ1n) is 10.9. The van der Waals surface area contributed by atoms with Crippen LogP contribution in [0.15, 0.2) is 38.2 Å². The van der Waals surface area contributed by atoms with E-state index in [1.165, 1.54) is 4.57 Å². The lowest BCUT2D eigenvalue weighted by atomic mass is 10.0. The van der Waals surface area contributed by atoms with E-state index in [1.54, 1.807) is 47.4 Å². The molecule has 0 amide bonds. The third kappa shape index (κ3) is 5.38. The minimum Gasteiger partial charge on any atom is -0.261 e. The van der Waals surface area contributed by atoms with Gasteiger partial charge in [-0.2, -0.15) is 4.98 Å². The first kappa shape index (κ1) is 24.8. The molecule has 0 saturated heterocycles. The second kappa shape index (κ2) is 10.4. The van der Waals surface area contributed by atoms with Crippen LogP contribution in [0.2, 0.25) is 0 Å². The smallest absolute Gasteiger partial charge is 0.261 e. The second-order valence-electron chi connectivity index (χ2n) is 8.13. The van der Waals surface area contributed by atoms with Gasteiger partial charge in [0.15, 0.2) is 5.82 Å². The predicted octanol–water partition coefficient (Wildman–Crippen LogP) is 5.77. The number of aryl methyl sites for hydroxylation is 2. The largest absolute Gasteiger partial charge is 0.354 e. The zero-order valence-electron chi connectivity index (χ0n) is 19.3. The Bertz CT molecular complexity index is 1190. The van der Waals surface area contributed by atoms with E-state index in [1.807, 2.05) is 20.8 Å². The monoisotopic (exact) mass is 493 g/mol. The van der Waals surface area contributed by atoms with Crippen LogP contribution >= 0.6 is 23.1 Å². The summed E-state index contributed by atoms with van der Waals surface area (Å²) in [5, 5.41) is 0. The molecule has 0 atom stereocenters. The molecular formula is C23H31N3O3S3. The van der Waals surface area contributed by atoms with Crippen molar-refractivity contribution in [1.29, 1.82) is 0 Å². The highest BCUT2D eigenvalue weighted by molar-refractivity contribution is 8.01. The summed E-state index contributed by atoms with van der Waals surface area (Å²) in [7, 11) is -3.87. The summed E-state index contributed by atoms with van der Waals surface area (Å²) in [6.07, 6.45) is 4.59. The van der Waals surface area contributed by atoms with Crippen LogP contribution < -0.4 is 10.4 Å². The molecule has 32 heavy (non-hydrogen) atoms. The Kier molecular flexibility index (Phi) is 8.06. The molecule has 1 aromatic rings. The van der Waals surface area contributed by atoms with Crippen LogP contribution in [0.4, 0.5) is 5.82 Å². The van der Waals surface area contributed by atoms with Crippen molar-refractivity contribution in [3.05, 3.63) is 50.9 Å². The zero-order valence-corrected chi connectivity index (χ0v) is 21.7. The fourth-order valence-electron chi connectivity index (χ4n) is 3.71. The van der Waals surface area contributed by atoms with Crippen molar-refractivity contribution in [1.82, 2.24) is 9.55 Å². The maximum Gasteiger partial charge on any atom is 0.354 e. The topological polar surface area (TPSA) is 81.1 Å². The third-order valence-corrected chi connectivity index (χ3v) is 9.57. The van der Waals surface area contributed by atoms with Gasteiger partial charge in [0.1, 0.15) is 5.69 Å². The Morgan fingerprint density at radius 1 is 1.09 bits per heavy atom.